The van der Waals surface area contributed by atoms with Crippen molar-refractivity contribution in [3.05, 3.63) is 24.3 Å². The zero-order valence-electron chi connectivity index (χ0n) is 14.8. The van der Waals surface area contributed by atoms with Gasteiger partial charge in [0, 0.05) is 18.8 Å². The number of nitrogens with zero attached hydrogens (tertiary/aromatic N) is 1. The van der Waals surface area contributed by atoms with Crippen LogP contribution in [0.25, 0.3) is 0 Å². The third-order valence-electron chi connectivity index (χ3n) is 5.46. The van der Waals surface area contributed by atoms with E-state index in [1.54, 1.807) is 0 Å². The van der Waals surface area contributed by atoms with Gasteiger partial charge >= 0.3 is 7.12 Å². The van der Waals surface area contributed by atoms with Crippen molar-refractivity contribution in [3.8, 4) is 0 Å². The Bertz CT molecular complexity index is 535. The van der Waals surface area contributed by atoms with E-state index < -0.39 is 0 Å². The molecule has 0 bridgehead atoms. The van der Waals surface area contributed by atoms with Gasteiger partial charge in [0.1, 0.15) is 0 Å². The Morgan fingerprint density at radius 2 is 1.45 bits per heavy atom. The molecule has 2 fully saturated rings. The van der Waals surface area contributed by atoms with Crippen molar-refractivity contribution in [3.63, 3.8) is 0 Å². The summed E-state index contributed by atoms with van der Waals surface area (Å²) < 4.78 is 12.2. The number of hydrogen-bond acceptors (Lipinski definition) is 3. The van der Waals surface area contributed by atoms with Gasteiger partial charge in [-0.05, 0) is 57.1 Å². The highest BCUT2D eigenvalue weighted by molar-refractivity contribution is 6.62. The average molecular weight is 301 g/mol. The highest BCUT2D eigenvalue weighted by atomic mass is 16.7. The summed E-state index contributed by atoms with van der Waals surface area (Å²) in [6.07, 6.45) is 1.26. The number of hydrogen-bond donors (Lipinski definition) is 0. The van der Waals surface area contributed by atoms with Crippen molar-refractivity contribution >= 4 is 18.3 Å². The first-order valence-corrected chi connectivity index (χ1v) is 8.30. The van der Waals surface area contributed by atoms with E-state index in [2.05, 4.69) is 70.7 Å². The highest BCUT2D eigenvalue weighted by Gasteiger charge is 2.51. The van der Waals surface area contributed by atoms with Gasteiger partial charge in [0.15, 0.2) is 0 Å². The molecule has 2 saturated heterocycles. The van der Waals surface area contributed by atoms with Crippen LogP contribution in [0.3, 0.4) is 0 Å². The molecule has 2 aliphatic rings. The van der Waals surface area contributed by atoms with Crippen molar-refractivity contribution < 1.29 is 9.31 Å². The van der Waals surface area contributed by atoms with Crippen LogP contribution in [0.2, 0.25) is 0 Å². The molecule has 1 aromatic carbocycles. The van der Waals surface area contributed by atoms with Crippen LogP contribution in [0.4, 0.5) is 5.69 Å². The fourth-order valence-corrected chi connectivity index (χ4v) is 3.15. The summed E-state index contributed by atoms with van der Waals surface area (Å²) in [5.41, 5.74) is 2.25. The first-order chi connectivity index (χ1) is 10.1. The Kier molecular flexibility index (Phi) is 3.61. The smallest absolute Gasteiger partial charge is 0.399 e. The van der Waals surface area contributed by atoms with E-state index in [0.29, 0.717) is 5.41 Å². The second-order valence-corrected chi connectivity index (χ2v) is 8.52. The molecule has 0 amide bonds. The quantitative estimate of drug-likeness (QED) is 0.783. The van der Waals surface area contributed by atoms with Gasteiger partial charge in [-0.1, -0.05) is 26.0 Å². The Morgan fingerprint density at radius 1 is 0.909 bits per heavy atom. The van der Waals surface area contributed by atoms with Crippen molar-refractivity contribution in [2.24, 2.45) is 5.41 Å². The van der Waals surface area contributed by atoms with Crippen LogP contribution in [0.15, 0.2) is 24.3 Å². The summed E-state index contributed by atoms with van der Waals surface area (Å²) in [6.45, 7) is 15.3. The van der Waals surface area contributed by atoms with Crippen LogP contribution < -0.4 is 10.4 Å². The maximum absolute atomic E-state index is 6.11. The van der Waals surface area contributed by atoms with Gasteiger partial charge in [0.2, 0.25) is 0 Å². The molecule has 2 aliphatic heterocycles. The van der Waals surface area contributed by atoms with Crippen LogP contribution in [0.5, 0.6) is 0 Å². The summed E-state index contributed by atoms with van der Waals surface area (Å²) in [5.74, 6) is 0. The number of benzene rings is 1. The third-order valence-corrected chi connectivity index (χ3v) is 5.46. The van der Waals surface area contributed by atoms with Crippen LogP contribution in [-0.4, -0.2) is 31.4 Å². The van der Waals surface area contributed by atoms with Crippen molar-refractivity contribution in [2.75, 3.05) is 18.0 Å². The predicted molar refractivity (Wildman–Crippen MR) is 92.8 cm³/mol. The summed E-state index contributed by atoms with van der Waals surface area (Å²) in [5, 5.41) is 0. The Labute approximate surface area is 135 Å². The Balaban J connectivity index is 1.73. The van der Waals surface area contributed by atoms with E-state index in [0.717, 1.165) is 18.6 Å². The van der Waals surface area contributed by atoms with Crippen molar-refractivity contribution in [2.45, 2.75) is 59.2 Å². The second kappa shape index (κ2) is 5.00. The van der Waals surface area contributed by atoms with E-state index in [9.17, 15) is 0 Å². The average Bonchev–Trinajstić information content (AvgIpc) is 2.87. The van der Waals surface area contributed by atoms with Crippen molar-refractivity contribution in [1.29, 1.82) is 0 Å². The van der Waals surface area contributed by atoms with E-state index in [-0.39, 0.29) is 18.3 Å². The molecule has 0 radical (unpaired) electrons. The van der Waals surface area contributed by atoms with Crippen molar-refractivity contribution in [1.82, 2.24) is 0 Å². The largest absolute Gasteiger partial charge is 0.494 e. The molecule has 0 aromatic heterocycles. The molecule has 3 nitrogen and oxygen atoms in total. The van der Waals surface area contributed by atoms with E-state index in [1.807, 2.05) is 0 Å². The summed E-state index contributed by atoms with van der Waals surface area (Å²) in [6, 6.07) is 8.68. The minimum absolute atomic E-state index is 0.269. The molecule has 120 valence electrons. The molecule has 2 heterocycles. The predicted octanol–water partition coefficient (Wildman–Crippen LogP) is 3.22. The van der Waals surface area contributed by atoms with E-state index in [4.69, 9.17) is 9.31 Å². The molecule has 22 heavy (non-hydrogen) atoms. The summed E-state index contributed by atoms with van der Waals surface area (Å²) >= 11 is 0. The van der Waals surface area contributed by atoms with Gasteiger partial charge in [-0.25, -0.2) is 0 Å². The molecule has 0 spiro atoms. The molecular formula is C18H28BNO2. The first kappa shape index (κ1) is 15.9. The number of rotatable bonds is 2. The molecule has 0 aliphatic carbocycles. The first-order valence-electron chi connectivity index (χ1n) is 8.30. The fraction of sp³-hybridized carbons (Fsp3) is 0.667. The molecule has 0 unspecified atom stereocenters. The van der Waals surface area contributed by atoms with Gasteiger partial charge < -0.3 is 14.2 Å². The SMILES string of the molecule is CC1(C)CCN(c2ccc(B3OC(C)(C)C(C)(C)O3)cc2)C1. The maximum atomic E-state index is 6.11. The second-order valence-electron chi connectivity index (χ2n) is 8.52. The lowest BCUT2D eigenvalue weighted by molar-refractivity contribution is 0.00578. The van der Waals surface area contributed by atoms with Gasteiger partial charge in [-0.2, -0.15) is 0 Å². The van der Waals surface area contributed by atoms with Gasteiger partial charge in [-0.3, -0.25) is 0 Å². The minimum atomic E-state index is -0.282. The van der Waals surface area contributed by atoms with Gasteiger partial charge in [0.05, 0.1) is 11.2 Å². The van der Waals surface area contributed by atoms with Gasteiger partial charge in [0.25, 0.3) is 0 Å². The molecule has 3 rings (SSSR count). The Hall–Kier alpha value is -0.995. The molecule has 1 aromatic rings. The lowest BCUT2D eigenvalue weighted by atomic mass is 9.79. The zero-order valence-corrected chi connectivity index (χ0v) is 14.8. The molecule has 0 saturated carbocycles. The minimum Gasteiger partial charge on any atom is -0.399 e. The Morgan fingerprint density at radius 3 is 1.91 bits per heavy atom. The molecule has 4 heteroatoms. The van der Waals surface area contributed by atoms with E-state index >= 15 is 0 Å². The normalized spacial score (nSPS) is 25.7. The third kappa shape index (κ3) is 2.79. The van der Waals surface area contributed by atoms with E-state index in [1.165, 1.54) is 12.1 Å². The lowest BCUT2D eigenvalue weighted by Gasteiger charge is -2.32. The lowest BCUT2D eigenvalue weighted by Crippen LogP contribution is -2.41. The molecule has 0 atom stereocenters. The van der Waals surface area contributed by atoms with Crippen LogP contribution in [0.1, 0.15) is 48.0 Å². The van der Waals surface area contributed by atoms with Crippen LogP contribution in [0, 0.1) is 5.41 Å². The topological polar surface area (TPSA) is 21.7 Å². The molecular weight excluding hydrogens is 273 g/mol. The van der Waals surface area contributed by atoms with Crippen LogP contribution >= 0.6 is 0 Å². The summed E-state index contributed by atoms with van der Waals surface area (Å²) in [7, 11) is -0.269. The van der Waals surface area contributed by atoms with Crippen LogP contribution in [-0.2, 0) is 9.31 Å². The fourth-order valence-electron chi connectivity index (χ4n) is 3.15. The number of anilines is 1. The standard InChI is InChI=1S/C18H28BNO2/c1-16(2)11-12-20(13-16)15-9-7-14(8-10-15)19-21-17(3,4)18(5,6)22-19/h7-10H,11-13H2,1-6H3. The summed E-state index contributed by atoms with van der Waals surface area (Å²) in [4.78, 5) is 2.47. The molecule has 0 N–H and O–H groups in total. The highest BCUT2D eigenvalue weighted by Crippen LogP contribution is 2.37. The monoisotopic (exact) mass is 301 g/mol. The maximum Gasteiger partial charge on any atom is 0.494 e. The van der Waals surface area contributed by atoms with Gasteiger partial charge in [-0.15, -0.1) is 0 Å². The zero-order chi connectivity index (χ0) is 16.2.